The van der Waals surface area contributed by atoms with Gasteiger partial charge in [0.1, 0.15) is 0 Å². The average molecular weight is 375 g/mol. The molecule has 148 valence electrons. The van der Waals surface area contributed by atoms with Gasteiger partial charge in [0.25, 0.3) is 5.91 Å². The second kappa shape index (κ2) is 8.37. The number of rotatable bonds is 4. The monoisotopic (exact) mass is 375 g/mol. The lowest BCUT2D eigenvalue weighted by atomic mass is 9.90. The molecule has 2 aliphatic rings. The molecule has 7 heteroatoms. The van der Waals surface area contributed by atoms with E-state index in [2.05, 4.69) is 5.32 Å². The number of carbonyl (C=O) groups is 2. The minimum absolute atomic E-state index is 0.00991. The van der Waals surface area contributed by atoms with Crippen LogP contribution >= 0.6 is 0 Å². The number of benzene rings is 1. The molecule has 2 heterocycles. The number of nitrogens with one attached hydrogen (secondary N) is 1. The standard InChI is InChI=1S/C20H29N3O4/c1-14-12-23(13-15(2)27-14)18(24)17-5-3-16(4-6-17)11-22-19(25)20(21)7-9-26-10-8-20/h3-6,14-15H,7-13,21H2,1-2H3,(H,22,25). The highest BCUT2D eigenvalue weighted by Gasteiger charge is 2.35. The number of nitrogens with two attached hydrogens (primary N) is 1. The van der Waals surface area contributed by atoms with Crippen LogP contribution in [0.25, 0.3) is 0 Å². The molecular weight excluding hydrogens is 346 g/mol. The van der Waals surface area contributed by atoms with Crippen molar-refractivity contribution in [2.24, 2.45) is 5.73 Å². The summed E-state index contributed by atoms with van der Waals surface area (Å²) in [5.74, 6) is -0.141. The summed E-state index contributed by atoms with van der Waals surface area (Å²) in [6.45, 7) is 6.57. The molecule has 2 aliphatic heterocycles. The Morgan fingerprint density at radius 3 is 2.33 bits per heavy atom. The van der Waals surface area contributed by atoms with Gasteiger partial charge in [-0.15, -0.1) is 0 Å². The maximum atomic E-state index is 12.7. The molecule has 1 aromatic carbocycles. The predicted molar refractivity (Wildman–Crippen MR) is 101 cm³/mol. The summed E-state index contributed by atoms with van der Waals surface area (Å²) >= 11 is 0. The summed E-state index contributed by atoms with van der Waals surface area (Å²) in [4.78, 5) is 26.9. The van der Waals surface area contributed by atoms with E-state index < -0.39 is 5.54 Å². The second-order valence-corrected chi connectivity index (χ2v) is 7.62. The summed E-state index contributed by atoms with van der Waals surface area (Å²) in [6, 6.07) is 7.35. The van der Waals surface area contributed by atoms with Gasteiger partial charge in [-0.05, 0) is 44.4 Å². The first-order valence-corrected chi connectivity index (χ1v) is 9.56. The molecule has 0 spiro atoms. The Kier molecular flexibility index (Phi) is 6.14. The minimum Gasteiger partial charge on any atom is -0.381 e. The van der Waals surface area contributed by atoms with Crippen LogP contribution in [-0.4, -0.2) is 60.8 Å². The van der Waals surface area contributed by atoms with Crippen LogP contribution in [0.1, 0.15) is 42.6 Å². The van der Waals surface area contributed by atoms with Crippen LogP contribution in [-0.2, 0) is 20.8 Å². The Balaban J connectivity index is 1.55. The van der Waals surface area contributed by atoms with Crippen LogP contribution in [0, 0.1) is 0 Å². The second-order valence-electron chi connectivity index (χ2n) is 7.62. The molecule has 2 atom stereocenters. The molecule has 0 radical (unpaired) electrons. The average Bonchev–Trinajstić information content (AvgIpc) is 2.65. The van der Waals surface area contributed by atoms with Gasteiger partial charge in [-0.3, -0.25) is 9.59 Å². The molecular formula is C20H29N3O4. The highest BCUT2D eigenvalue weighted by atomic mass is 16.5. The molecule has 2 amide bonds. The van der Waals surface area contributed by atoms with Crippen LogP contribution < -0.4 is 11.1 Å². The van der Waals surface area contributed by atoms with Gasteiger partial charge >= 0.3 is 0 Å². The van der Waals surface area contributed by atoms with Gasteiger partial charge in [-0.2, -0.15) is 0 Å². The molecule has 0 saturated carbocycles. The summed E-state index contributed by atoms with van der Waals surface area (Å²) in [5, 5.41) is 2.90. The topological polar surface area (TPSA) is 93.9 Å². The summed E-state index contributed by atoms with van der Waals surface area (Å²) < 4.78 is 11.0. The Hall–Kier alpha value is -1.96. The van der Waals surface area contributed by atoms with E-state index >= 15 is 0 Å². The highest BCUT2D eigenvalue weighted by Crippen LogP contribution is 2.18. The van der Waals surface area contributed by atoms with Gasteiger partial charge in [0, 0.05) is 38.4 Å². The first-order valence-electron chi connectivity index (χ1n) is 9.56. The van der Waals surface area contributed by atoms with Gasteiger partial charge in [0.05, 0.1) is 17.7 Å². The maximum Gasteiger partial charge on any atom is 0.254 e. The van der Waals surface area contributed by atoms with Crippen molar-refractivity contribution in [1.82, 2.24) is 10.2 Å². The van der Waals surface area contributed by atoms with Crippen molar-refractivity contribution in [3.05, 3.63) is 35.4 Å². The van der Waals surface area contributed by atoms with Crippen LogP contribution in [0.3, 0.4) is 0 Å². The fraction of sp³-hybridized carbons (Fsp3) is 0.600. The molecule has 27 heavy (non-hydrogen) atoms. The number of morpholine rings is 1. The summed E-state index contributed by atoms with van der Waals surface area (Å²) in [7, 11) is 0. The van der Waals surface area contributed by atoms with Crippen molar-refractivity contribution in [1.29, 1.82) is 0 Å². The molecule has 2 unspecified atom stereocenters. The summed E-state index contributed by atoms with van der Waals surface area (Å²) in [6.07, 6.45) is 1.15. The number of hydrogen-bond donors (Lipinski definition) is 2. The molecule has 0 aromatic heterocycles. The Labute approximate surface area is 160 Å². The van der Waals surface area contributed by atoms with Crippen LogP contribution in [0.4, 0.5) is 0 Å². The molecule has 7 nitrogen and oxygen atoms in total. The van der Waals surface area contributed by atoms with Gasteiger partial charge in [-0.25, -0.2) is 0 Å². The van der Waals surface area contributed by atoms with Gasteiger partial charge in [0.2, 0.25) is 5.91 Å². The van der Waals surface area contributed by atoms with Crippen molar-refractivity contribution in [2.75, 3.05) is 26.3 Å². The van der Waals surface area contributed by atoms with Crippen LogP contribution in [0.15, 0.2) is 24.3 Å². The number of amides is 2. The first kappa shape index (κ1) is 19.8. The third-order valence-electron chi connectivity index (χ3n) is 5.20. The lowest BCUT2D eigenvalue weighted by Gasteiger charge is -2.35. The van der Waals surface area contributed by atoms with Crippen molar-refractivity contribution in [3.63, 3.8) is 0 Å². The zero-order chi connectivity index (χ0) is 19.4. The predicted octanol–water partition coefficient (Wildman–Crippen LogP) is 1.06. The third kappa shape index (κ3) is 4.86. The van der Waals surface area contributed by atoms with Crippen molar-refractivity contribution >= 4 is 11.8 Å². The van der Waals surface area contributed by atoms with Crippen molar-refractivity contribution < 1.29 is 19.1 Å². The van der Waals surface area contributed by atoms with E-state index in [0.29, 0.717) is 51.3 Å². The quantitative estimate of drug-likeness (QED) is 0.821. The van der Waals surface area contributed by atoms with Gasteiger partial charge in [0.15, 0.2) is 0 Å². The van der Waals surface area contributed by atoms with Crippen LogP contribution in [0.5, 0.6) is 0 Å². The van der Waals surface area contributed by atoms with Crippen molar-refractivity contribution in [3.8, 4) is 0 Å². The SMILES string of the molecule is CC1CN(C(=O)c2ccc(CNC(=O)C3(N)CCOCC3)cc2)CC(C)O1. The Morgan fingerprint density at radius 1 is 1.15 bits per heavy atom. The molecule has 0 bridgehead atoms. The number of carbonyl (C=O) groups excluding carboxylic acids is 2. The molecule has 2 fully saturated rings. The normalized spacial score (nSPS) is 25.1. The van der Waals surface area contributed by atoms with Crippen molar-refractivity contribution in [2.45, 2.75) is 51.0 Å². The smallest absolute Gasteiger partial charge is 0.254 e. The van der Waals surface area contributed by atoms with Gasteiger partial charge in [-0.1, -0.05) is 12.1 Å². The largest absolute Gasteiger partial charge is 0.381 e. The van der Waals surface area contributed by atoms with E-state index in [-0.39, 0.29) is 24.0 Å². The zero-order valence-electron chi connectivity index (χ0n) is 16.1. The Bertz CT molecular complexity index is 660. The molecule has 1 aromatic rings. The lowest BCUT2D eigenvalue weighted by molar-refractivity contribution is -0.129. The highest BCUT2D eigenvalue weighted by molar-refractivity contribution is 5.94. The minimum atomic E-state index is -0.849. The molecule has 3 N–H and O–H groups in total. The van der Waals surface area contributed by atoms with E-state index in [1.165, 1.54) is 0 Å². The fourth-order valence-electron chi connectivity index (χ4n) is 3.61. The number of nitrogens with zero attached hydrogens (tertiary/aromatic N) is 1. The van der Waals surface area contributed by atoms with E-state index in [9.17, 15) is 9.59 Å². The molecule has 0 aliphatic carbocycles. The lowest BCUT2D eigenvalue weighted by Crippen LogP contribution is -2.56. The maximum absolute atomic E-state index is 12.7. The van der Waals surface area contributed by atoms with Gasteiger partial charge < -0.3 is 25.4 Å². The van der Waals surface area contributed by atoms with E-state index in [4.69, 9.17) is 15.2 Å². The summed E-state index contributed by atoms with van der Waals surface area (Å²) in [5.41, 5.74) is 6.91. The molecule has 3 rings (SSSR count). The van der Waals surface area contributed by atoms with E-state index in [1.54, 1.807) is 12.1 Å². The third-order valence-corrected chi connectivity index (χ3v) is 5.20. The van der Waals surface area contributed by atoms with E-state index in [1.807, 2.05) is 30.9 Å². The fourth-order valence-corrected chi connectivity index (χ4v) is 3.61. The van der Waals surface area contributed by atoms with E-state index in [0.717, 1.165) is 5.56 Å². The van der Waals surface area contributed by atoms with Crippen LogP contribution in [0.2, 0.25) is 0 Å². The Morgan fingerprint density at radius 2 is 1.74 bits per heavy atom. The molecule has 2 saturated heterocycles. The number of hydrogen-bond acceptors (Lipinski definition) is 5. The number of ether oxygens (including phenoxy) is 2. The first-order chi connectivity index (χ1) is 12.9. The zero-order valence-corrected chi connectivity index (χ0v) is 16.1.